The number of halogens is 3. The van der Waals surface area contributed by atoms with Crippen molar-refractivity contribution >= 4 is 46.4 Å². The summed E-state index contributed by atoms with van der Waals surface area (Å²) in [4.78, 5) is 19.2. The first-order chi connectivity index (χ1) is 14.5. The molecule has 0 spiro atoms. The molecule has 0 aliphatic carbocycles. The maximum Gasteiger partial charge on any atom is 0.241 e. The third-order valence-electron chi connectivity index (χ3n) is 5.02. The van der Waals surface area contributed by atoms with Gasteiger partial charge in [-0.3, -0.25) is 9.69 Å². The standard InChI is InChI=1S/C21H19Cl3N4O2/c22-15-3-1-13(2-4-15)20-26-19(30-27-20)12-28-7-5-14(6-8-28)21(29)25-18-10-16(23)9-17(24)11-18/h1-4,9-11,14H,5-8,12H2,(H,25,29). The molecule has 1 aromatic heterocycles. The van der Waals surface area contributed by atoms with Gasteiger partial charge < -0.3 is 9.84 Å². The van der Waals surface area contributed by atoms with Gasteiger partial charge in [-0.1, -0.05) is 40.0 Å². The van der Waals surface area contributed by atoms with E-state index in [9.17, 15) is 4.79 Å². The Bertz CT molecular complexity index is 1010. The fourth-order valence-electron chi connectivity index (χ4n) is 3.45. The van der Waals surface area contributed by atoms with Crippen LogP contribution in [0, 0.1) is 5.92 Å². The van der Waals surface area contributed by atoms with E-state index in [1.807, 2.05) is 12.1 Å². The monoisotopic (exact) mass is 464 g/mol. The SMILES string of the molecule is O=C(Nc1cc(Cl)cc(Cl)c1)C1CCN(Cc2nc(-c3ccc(Cl)cc3)no2)CC1. The minimum atomic E-state index is -0.0636. The second-order valence-corrected chi connectivity index (χ2v) is 8.53. The van der Waals surface area contributed by atoms with E-state index >= 15 is 0 Å². The fraction of sp³-hybridized carbons (Fsp3) is 0.286. The van der Waals surface area contributed by atoms with Gasteiger partial charge in [-0.15, -0.1) is 0 Å². The average Bonchev–Trinajstić information content (AvgIpc) is 3.16. The molecule has 1 N–H and O–H groups in total. The molecular weight excluding hydrogens is 447 g/mol. The maximum atomic E-state index is 12.6. The molecule has 2 aromatic carbocycles. The Morgan fingerprint density at radius 1 is 1.03 bits per heavy atom. The summed E-state index contributed by atoms with van der Waals surface area (Å²) in [6.45, 7) is 2.10. The zero-order valence-corrected chi connectivity index (χ0v) is 18.2. The van der Waals surface area contributed by atoms with Gasteiger partial charge in [0.15, 0.2) is 0 Å². The molecule has 6 nitrogen and oxygen atoms in total. The van der Waals surface area contributed by atoms with E-state index in [4.69, 9.17) is 39.3 Å². The van der Waals surface area contributed by atoms with Crippen molar-refractivity contribution in [2.75, 3.05) is 18.4 Å². The van der Waals surface area contributed by atoms with Crippen LogP contribution in [0.2, 0.25) is 15.1 Å². The molecule has 1 amide bonds. The molecule has 4 rings (SSSR count). The van der Waals surface area contributed by atoms with E-state index in [0.717, 1.165) is 31.5 Å². The zero-order chi connectivity index (χ0) is 21.1. The van der Waals surface area contributed by atoms with Crippen molar-refractivity contribution in [2.45, 2.75) is 19.4 Å². The Labute approximate surface area is 189 Å². The fourth-order valence-corrected chi connectivity index (χ4v) is 4.10. The van der Waals surface area contributed by atoms with Gasteiger partial charge in [0, 0.05) is 32.2 Å². The number of nitrogens with zero attached hydrogens (tertiary/aromatic N) is 3. The number of hydrogen-bond donors (Lipinski definition) is 1. The van der Waals surface area contributed by atoms with Crippen molar-refractivity contribution in [1.29, 1.82) is 0 Å². The van der Waals surface area contributed by atoms with Crippen molar-refractivity contribution in [3.05, 3.63) is 63.4 Å². The van der Waals surface area contributed by atoms with Crippen molar-refractivity contribution in [2.24, 2.45) is 5.92 Å². The molecular formula is C21H19Cl3N4O2. The number of carbonyl (C=O) groups excluding carboxylic acids is 1. The minimum absolute atomic E-state index is 0.0178. The molecule has 0 bridgehead atoms. The molecule has 1 aliphatic heterocycles. The molecule has 1 fully saturated rings. The highest BCUT2D eigenvalue weighted by Gasteiger charge is 2.26. The molecule has 2 heterocycles. The van der Waals surface area contributed by atoms with Crippen LogP contribution in [0.4, 0.5) is 5.69 Å². The number of hydrogen-bond acceptors (Lipinski definition) is 5. The molecule has 0 radical (unpaired) electrons. The molecule has 156 valence electrons. The van der Waals surface area contributed by atoms with Crippen molar-refractivity contribution in [3.63, 3.8) is 0 Å². The van der Waals surface area contributed by atoms with E-state index in [1.165, 1.54) is 0 Å². The van der Waals surface area contributed by atoms with Gasteiger partial charge in [0.05, 0.1) is 6.54 Å². The number of nitrogens with one attached hydrogen (secondary N) is 1. The zero-order valence-electron chi connectivity index (χ0n) is 15.9. The van der Waals surface area contributed by atoms with Crippen LogP contribution in [0.1, 0.15) is 18.7 Å². The highest BCUT2D eigenvalue weighted by molar-refractivity contribution is 6.35. The first kappa shape index (κ1) is 21.1. The Morgan fingerprint density at radius 3 is 2.37 bits per heavy atom. The third-order valence-corrected chi connectivity index (χ3v) is 5.71. The third kappa shape index (κ3) is 5.32. The molecule has 1 aliphatic rings. The Hall–Kier alpha value is -2.12. The lowest BCUT2D eigenvalue weighted by molar-refractivity contribution is -0.121. The number of aromatic nitrogens is 2. The maximum absolute atomic E-state index is 12.6. The number of anilines is 1. The van der Waals surface area contributed by atoms with Crippen molar-refractivity contribution in [1.82, 2.24) is 15.0 Å². The lowest BCUT2D eigenvalue weighted by Crippen LogP contribution is -2.37. The summed E-state index contributed by atoms with van der Waals surface area (Å²) >= 11 is 17.9. The summed E-state index contributed by atoms with van der Waals surface area (Å²) in [5, 5.41) is 8.59. The molecule has 3 aromatic rings. The molecule has 0 atom stereocenters. The average molecular weight is 466 g/mol. The quantitative estimate of drug-likeness (QED) is 0.535. The normalized spacial score (nSPS) is 15.3. The van der Waals surface area contributed by atoms with Gasteiger partial charge in [0.25, 0.3) is 0 Å². The van der Waals surface area contributed by atoms with E-state index in [-0.39, 0.29) is 11.8 Å². The van der Waals surface area contributed by atoms with Crippen LogP contribution in [0.15, 0.2) is 47.0 Å². The summed E-state index contributed by atoms with van der Waals surface area (Å²) < 4.78 is 5.39. The first-order valence-electron chi connectivity index (χ1n) is 9.54. The number of amides is 1. The van der Waals surface area contributed by atoms with Crippen LogP contribution in [0.5, 0.6) is 0 Å². The van der Waals surface area contributed by atoms with E-state index in [2.05, 4.69) is 20.4 Å². The lowest BCUT2D eigenvalue weighted by atomic mass is 9.96. The summed E-state index contributed by atoms with van der Waals surface area (Å²) in [5.74, 6) is 1.01. The summed E-state index contributed by atoms with van der Waals surface area (Å²) in [6, 6.07) is 12.3. The number of carbonyl (C=O) groups is 1. The summed E-state index contributed by atoms with van der Waals surface area (Å²) in [6.07, 6.45) is 1.50. The molecule has 9 heteroatoms. The Balaban J connectivity index is 1.29. The number of rotatable bonds is 5. The van der Waals surface area contributed by atoms with Crippen LogP contribution in [-0.4, -0.2) is 34.0 Å². The predicted molar refractivity (Wildman–Crippen MR) is 118 cm³/mol. The summed E-state index contributed by atoms with van der Waals surface area (Å²) in [7, 11) is 0. The van der Waals surface area contributed by atoms with Crippen molar-refractivity contribution < 1.29 is 9.32 Å². The van der Waals surface area contributed by atoms with Gasteiger partial charge in [-0.05, 0) is 68.4 Å². The molecule has 30 heavy (non-hydrogen) atoms. The highest BCUT2D eigenvalue weighted by Crippen LogP contribution is 2.25. The van der Waals surface area contributed by atoms with Crippen LogP contribution >= 0.6 is 34.8 Å². The molecule has 1 saturated heterocycles. The summed E-state index contributed by atoms with van der Waals surface area (Å²) in [5.41, 5.74) is 1.46. The second kappa shape index (κ2) is 9.35. The Morgan fingerprint density at radius 2 is 1.70 bits per heavy atom. The minimum Gasteiger partial charge on any atom is -0.338 e. The lowest BCUT2D eigenvalue weighted by Gasteiger charge is -2.30. The Kier molecular flexibility index (Phi) is 6.58. The van der Waals surface area contributed by atoms with Crippen LogP contribution in [0.3, 0.4) is 0 Å². The van der Waals surface area contributed by atoms with E-state index < -0.39 is 0 Å². The number of likely N-dealkylation sites (tertiary alicyclic amines) is 1. The number of benzene rings is 2. The van der Waals surface area contributed by atoms with Gasteiger partial charge in [-0.25, -0.2) is 0 Å². The van der Waals surface area contributed by atoms with E-state index in [0.29, 0.717) is 39.0 Å². The van der Waals surface area contributed by atoms with Crippen LogP contribution < -0.4 is 5.32 Å². The largest absolute Gasteiger partial charge is 0.338 e. The van der Waals surface area contributed by atoms with Crippen LogP contribution in [-0.2, 0) is 11.3 Å². The van der Waals surface area contributed by atoms with E-state index in [1.54, 1.807) is 30.3 Å². The van der Waals surface area contributed by atoms with Crippen molar-refractivity contribution in [3.8, 4) is 11.4 Å². The molecule has 0 unspecified atom stereocenters. The van der Waals surface area contributed by atoms with Gasteiger partial charge in [0.2, 0.25) is 17.6 Å². The predicted octanol–water partition coefficient (Wildman–Crippen LogP) is 5.55. The second-order valence-electron chi connectivity index (χ2n) is 7.22. The number of piperidine rings is 1. The van der Waals surface area contributed by atoms with Gasteiger partial charge in [0.1, 0.15) is 0 Å². The smallest absolute Gasteiger partial charge is 0.241 e. The van der Waals surface area contributed by atoms with Gasteiger partial charge in [-0.2, -0.15) is 4.98 Å². The van der Waals surface area contributed by atoms with Gasteiger partial charge >= 0.3 is 0 Å². The highest BCUT2D eigenvalue weighted by atomic mass is 35.5. The van der Waals surface area contributed by atoms with Crippen LogP contribution in [0.25, 0.3) is 11.4 Å². The first-order valence-corrected chi connectivity index (χ1v) is 10.7. The topological polar surface area (TPSA) is 71.3 Å². The molecule has 0 saturated carbocycles.